The summed E-state index contributed by atoms with van der Waals surface area (Å²) >= 11 is 0. The molecule has 0 amide bonds. The predicted molar refractivity (Wildman–Crippen MR) is 104 cm³/mol. The second-order valence-electron chi connectivity index (χ2n) is 5.37. The van der Waals surface area contributed by atoms with Gasteiger partial charge in [-0.15, -0.1) is 0 Å². The van der Waals surface area contributed by atoms with Gasteiger partial charge in [0.05, 0.1) is 6.20 Å². The topological polar surface area (TPSA) is 26.0 Å². The van der Waals surface area contributed by atoms with Crippen molar-refractivity contribution >= 4 is 12.2 Å². The van der Waals surface area contributed by atoms with E-state index in [-0.39, 0.29) is 0 Å². The molecular formula is C23H19NO. The fraction of sp³-hybridized carbons (Fsp3) is 0. The molecule has 0 saturated heterocycles. The lowest BCUT2D eigenvalue weighted by atomic mass is 9.99. The van der Waals surface area contributed by atoms with Gasteiger partial charge in [-0.2, -0.15) is 0 Å². The molecule has 3 aromatic carbocycles. The summed E-state index contributed by atoms with van der Waals surface area (Å²) in [6.45, 7) is 0. The van der Waals surface area contributed by atoms with Crippen LogP contribution >= 0.6 is 0 Å². The summed E-state index contributed by atoms with van der Waals surface area (Å²) in [6, 6.07) is 29.4. The molecule has 0 spiro atoms. The number of hydrogen-bond donors (Lipinski definition) is 0. The van der Waals surface area contributed by atoms with Crippen molar-refractivity contribution in [2.75, 3.05) is 0 Å². The molecule has 2 heteroatoms. The zero-order chi connectivity index (χ0) is 17.2. The molecule has 2 nitrogen and oxygen atoms in total. The van der Waals surface area contributed by atoms with Crippen molar-refractivity contribution in [1.29, 1.82) is 0 Å². The standard InChI is InChI=1S/C20H16.C3H3NO/c1-3-9-17(10-4-1)15-16-19-13-7-8-14-20(19)18-11-5-2-6-12-18;1-2-5-3-4-1/h1-16H;1-3H/b16-15+;. The maximum atomic E-state index is 4.47. The van der Waals surface area contributed by atoms with Gasteiger partial charge in [0.1, 0.15) is 6.26 Å². The quantitative estimate of drug-likeness (QED) is 0.419. The Bertz CT molecular complexity index is 865. The molecule has 0 bridgehead atoms. The highest BCUT2D eigenvalue weighted by Gasteiger charge is 2.00. The first-order valence-corrected chi connectivity index (χ1v) is 8.13. The summed E-state index contributed by atoms with van der Waals surface area (Å²) in [5, 5.41) is 0. The molecule has 0 N–H and O–H groups in total. The maximum absolute atomic E-state index is 4.47. The molecule has 0 saturated carbocycles. The van der Waals surface area contributed by atoms with Crippen molar-refractivity contribution in [3.05, 3.63) is 115 Å². The SMILES string of the molecule is C(=C\c1ccccc1-c1ccccc1)/c1ccccc1.c1cocn1. The van der Waals surface area contributed by atoms with E-state index in [1.807, 2.05) is 12.1 Å². The summed E-state index contributed by atoms with van der Waals surface area (Å²) < 4.78 is 4.47. The van der Waals surface area contributed by atoms with Gasteiger partial charge in [-0.3, -0.25) is 0 Å². The Kier molecular flexibility index (Phi) is 5.95. The van der Waals surface area contributed by atoms with E-state index in [9.17, 15) is 0 Å². The van der Waals surface area contributed by atoms with Gasteiger partial charge >= 0.3 is 0 Å². The second-order valence-corrected chi connectivity index (χ2v) is 5.37. The molecule has 0 aliphatic rings. The molecule has 1 aromatic heterocycles. The largest absolute Gasteiger partial charge is 0.452 e. The maximum Gasteiger partial charge on any atom is 0.180 e. The van der Waals surface area contributed by atoms with Crippen LogP contribution in [0.2, 0.25) is 0 Å². The monoisotopic (exact) mass is 325 g/mol. The number of hydrogen-bond acceptors (Lipinski definition) is 2. The van der Waals surface area contributed by atoms with Crippen LogP contribution < -0.4 is 0 Å². The third kappa shape index (κ3) is 5.05. The average molecular weight is 325 g/mol. The van der Waals surface area contributed by atoms with Crippen LogP contribution in [-0.2, 0) is 0 Å². The van der Waals surface area contributed by atoms with Gasteiger partial charge in [-0.05, 0) is 22.3 Å². The van der Waals surface area contributed by atoms with Crippen molar-refractivity contribution in [2.45, 2.75) is 0 Å². The van der Waals surface area contributed by atoms with Gasteiger partial charge in [-0.1, -0.05) is 97.1 Å². The van der Waals surface area contributed by atoms with E-state index in [2.05, 4.69) is 94.3 Å². The van der Waals surface area contributed by atoms with Crippen molar-refractivity contribution in [3.8, 4) is 11.1 Å². The van der Waals surface area contributed by atoms with Crippen LogP contribution in [0, 0.1) is 0 Å². The van der Waals surface area contributed by atoms with E-state index >= 15 is 0 Å². The first-order chi connectivity index (χ1) is 12.4. The molecule has 4 rings (SSSR count). The minimum atomic E-state index is 1.22. The first kappa shape index (κ1) is 16.5. The van der Waals surface area contributed by atoms with E-state index in [4.69, 9.17) is 0 Å². The minimum Gasteiger partial charge on any atom is -0.452 e. The van der Waals surface area contributed by atoms with E-state index < -0.39 is 0 Å². The van der Waals surface area contributed by atoms with Gasteiger partial charge in [0.15, 0.2) is 6.39 Å². The second kappa shape index (κ2) is 9.04. The minimum absolute atomic E-state index is 1.22. The summed E-state index contributed by atoms with van der Waals surface area (Å²) in [4.78, 5) is 3.56. The van der Waals surface area contributed by atoms with Gasteiger partial charge < -0.3 is 4.42 Å². The number of rotatable bonds is 3. The van der Waals surface area contributed by atoms with E-state index in [1.165, 1.54) is 34.9 Å². The smallest absolute Gasteiger partial charge is 0.180 e. The Morgan fingerprint density at radius 2 is 1.36 bits per heavy atom. The lowest BCUT2D eigenvalue weighted by molar-refractivity contribution is 0.558. The van der Waals surface area contributed by atoms with Crippen LogP contribution in [0.25, 0.3) is 23.3 Å². The summed E-state index contributed by atoms with van der Waals surface area (Å²) in [5.74, 6) is 0. The number of benzene rings is 3. The summed E-state index contributed by atoms with van der Waals surface area (Å²) in [7, 11) is 0. The van der Waals surface area contributed by atoms with E-state index in [0.29, 0.717) is 0 Å². The highest BCUT2D eigenvalue weighted by atomic mass is 16.3. The number of nitrogens with zero attached hydrogens (tertiary/aromatic N) is 1. The van der Waals surface area contributed by atoms with E-state index in [0.717, 1.165) is 0 Å². The molecule has 1 heterocycles. The Hall–Kier alpha value is -3.39. The van der Waals surface area contributed by atoms with Gasteiger partial charge in [0.2, 0.25) is 0 Å². The normalized spacial score (nSPS) is 10.2. The Balaban J connectivity index is 0.000000314. The van der Waals surface area contributed by atoms with Crippen LogP contribution in [0.15, 0.2) is 108 Å². The molecule has 4 aromatic rings. The van der Waals surface area contributed by atoms with Gasteiger partial charge in [0, 0.05) is 0 Å². The van der Waals surface area contributed by atoms with Gasteiger partial charge in [-0.25, -0.2) is 4.98 Å². The Labute approximate surface area is 148 Å². The molecule has 122 valence electrons. The molecule has 0 atom stereocenters. The lowest BCUT2D eigenvalue weighted by Crippen LogP contribution is -1.82. The zero-order valence-electron chi connectivity index (χ0n) is 13.8. The molecule has 0 aliphatic carbocycles. The number of aromatic nitrogens is 1. The Morgan fingerprint density at radius 3 is 2.00 bits per heavy atom. The molecule has 0 fully saturated rings. The first-order valence-electron chi connectivity index (χ1n) is 8.13. The third-order valence-corrected chi connectivity index (χ3v) is 3.65. The van der Waals surface area contributed by atoms with Crippen LogP contribution in [-0.4, -0.2) is 4.98 Å². The highest BCUT2D eigenvalue weighted by molar-refractivity contribution is 5.80. The molecule has 0 aliphatic heterocycles. The Morgan fingerprint density at radius 1 is 0.680 bits per heavy atom. The van der Waals surface area contributed by atoms with Crippen molar-refractivity contribution in [2.24, 2.45) is 0 Å². The average Bonchev–Trinajstić information content (AvgIpc) is 3.28. The molecule has 25 heavy (non-hydrogen) atoms. The molecular weight excluding hydrogens is 306 g/mol. The number of oxazole rings is 1. The van der Waals surface area contributed by atoms with Crippen LogP contribution in [0.3, 0.4) is 0 Å². The van der Waals surface area contributed by atoms with Crippen molar-refractivity contribution < 1.29 is 4.42 Å². The summed E-state index contributed by atoms with van der Waals surface area (Å²) in [6.07, 6.45) is 8.80. The fourth-order valence-corrected chi connectivity index (χ4v) is 2.45. The van der Waals surface area contributed by atoms with Crippen molar-refractivity contribution in [3.63, 3.8) is 0 Å². The van der Waals surface area contributed by atoms with Gasteiger partial charge in [0.25, 0.3) is 0 Å². The predicted octanol–water partition coefficient (Wildman–Crippen LogP) is 6.20. The fourth-order valence-electron chi connectivity index (χ4n) is 2.45. The summed E-state index contributed by atoms with van der Waals surface area (Å²) in [5.41, 5.74) is 4.97. The molecule has 0 unspecified atom stereocenters. The zero-order valence-corrected chi connectivity index (χ0v) is 13.8. The third-order valence-electron chi connectivity index (χ3n) is 3.65. The van der Waals surface area contributed by atoms with Crippen molar-refractivity contribution in [1.82, 2.24) is 4.98 Å². The van der Waals surface area contributed by atoms with Crippen LogP contribution in [0.4, 0.5) is 0 Å². The molecule has 0 radical (unpaired) electrons. The van der Waals surface area contributed by atoms with E-state index in [1.54, 1.807) is 6.20 Å². The van der Waals surface area contributed by atoms with Crippen LogP contribution in [0.1, 0.15) is 11.1 Å². The lowest BCUT2D eigenvalue weighted by Gasteiger charge is -2.06. The highest BCUT2D eigenvalue weighted by Crippen LogP contribution is 2.24. The van der Waals surface area contributed by atoms with Crippen LogP contribution in [0.5, 0.6) is 0 Å².